The van der Waals surface area contributed by atoms with Crippen LogP contribution in [0.4, 0.5) is 0 Å². The first kappa shape index (κ1) is 17.7. The Labute approximate surface area is 129 Å². The van der Waals surface area contributed by atoms with Crippen LogP contribution in [0.15, 0.2) is 17.7 Å². The van der Waals surface area contributed by atoms with Crippen LogP contribution in [0.3, 0.4) is 0 Å². The minimum absolute atomic E-state index is 0.00250. The van der Waals surface area contributed by atoms with E-state index in [0.29, 0.717) is 23.3 Å². The Morgan fingerprint density at radius 1 is 1.36 bits per heavy atom. The van der Waals surface area contributed by atoms with E-state index in [9.17, 15) is 14.7 Å². The summed E-state index contributed by atoms with van der Waals surface area (Å²) in [5, 5.41) is 9.42. The molecule has 0 saturated heterocycles. The lowest BCUT2D eigenvalue weighted by molar-refractivity contribution is -0.132. The van der Waals surface area contributed by atoms with E-state index in [1.165, 1.54) is 7.11 Å². The van der Waals surface area contributed by atoms with Crippen LogP contribution in [0.25, 0.3) is 0 Å². The van der Waals surface area contributed by atoms with E-state index < -0.39 is 11.9 Å². The summed E-state index contributed by atoms with van der Waals surface area (Å²) in [5.74, 6) is -1.40. The molecule has 0 aliphatic rings. The van der Waals surface area contributed by atoms with Gasteiger partial charge in [-0.1, -0.05) is 11.6 Å². The van der Waals surface area contributed by atoms with Crippen LogP contribution in [0.5, 0.6) is 11.5 Å². The number of methoxy groups -OCH3 is 1. The number of nitrogens with two attached hydrogens (primary N) is 1. The summed E-state index contributed by atoms with van der Waals surface area (Å²) < 4.78 is 10.5. The average molecular weight is 307 g/mol. The highest BCUT2D eigenvalue weighted by Gasteiger charge is 2.24. The zero-order valence-electron chi connectivity index (χ0n) is 13.2. The van der Waals surface area contributed by atoms with Crippen molar-refractivity contribution in [3.63, 3.8) is 0 Å². The van der Waals surface area contributed by atoms with Gasteiger partial charge in [0.05, 0.1) is 13.7 Å². The predicted molar refractivity (Wildman–Crippen MR) is 82.5 cm³/mol. The standard InChI is InChI=1S/C16H21NO5/c1-9(2)5-6-11-12(21-4)7-10(3)14(16(19)20)15(11)22-13(18)8-17/h5,7H,6,8,17H2,1-4H3,(H,19,20). The smallest absolute Gasteiger partial charge is 0.339 e. The summed E-state index contributed by atoms with van der Waals surface area (Å²) in [4.78, 5) is 23.1. The molecule has 1 aromatic rings. The van der Waals surface area contributed by atoms with Gasteiger partial charge in [0.25, 0.3) is 0 Å². The molecular formula is C16H21NO5. The maximum Gasteiger partial charge on any atom is 0.339 e. The fraction of sp³-hybridized carbons (Fsp3) is 0.375. The molecule has 1 aromatic carbocycles. The summed E-state index contributed by atoms with van der Waals surface area (Å²) in [6, 6.07) is 1.62. The molecule has 3 N–H and O–H groups in total. The Balaban J connectivity index is 3.59. The SMILES string of the molecule is COc1cc(C)c(C(=O)O)c(OC(=O)CN)c1CC=C(C)C. The van der Waals surface area contributed by atoms with E-state index in [4.69, 9.17) is 15.2 Å². The highest BCUT2D eigenvalue weighted by Crippen LogP contribution is 2.36. The normalized spacial score (nSPS) is 10.0. The molecule has 6 heteroatoms. The van der Waals surface area contributed by atoms with Crippen LogP contribution >= 0.6 is 0 Å². The van der Waals surface area contributed by atoms with E-state index in [1.807, 2.05) is 19.9 Å². The quantitative estimate of drug-likeness (QED) is 0.474. The van der Waals surface area contributed by atoms with Crippen LogP contribution in [-0.2, 0) is 11.2 Å². The second-order valence-corrected chi connectivity index (χ2v) is 5.05. The third kappa shape index (κ3) is 4.08. The molecule has 1 rings (SSSR count). The summed E-state index contributed by atoms with van der Waals surface area (Å²) in [5.41, 5.74) is 7.21. The third-order valence-electron chi connectivity index (χ3n) is 3.07. The van der Waals surface area contributed by atoms with E-state index in [0.717, 1.165) is 5.57 Å². The molecule has 0 radical (unpaired) electrons. The van der Waals surface area contributed by atoms with Crippen molar-refractivity contribution in [1.82, 2.24) is 0 Å². The molecule has 0 saturated carbocycles. The number of benzene rings is 1. The minimum Gasteiger partial charge on any atom is -0.496 e. The van der Waals surface area contributed by atoms with Crippen LogP contribution in [-0.4, -0.2) is 30.7 Å². The largest absolute Gasteiger partial charge is 0.496 e. The number of aryl methyl sites for hydroxylation is 1. The highest BCUT2D eigenvalue weighted by molar-refractivity contribution is 5.95. The zero-order chi connectivity index (χ0) is 16.9. The molecule has 0 atom stereocenters. The van der Waals surface area contributed by atoms with Gasteiger partial charge in [0, 0.05) is 5.56 Å². The Kier molecular flexibility index (Phi) is 6.12. The number of hydrogen-bond donors (Lipinski definition) is 2. The molecule has 120 valence electrons. The molecule has 0 amide bonds. The van der Waals surface area contributed by atoms with Crippen molar-refractivity contribution in [3.05, 3.63) is 34.4 Å². The first-order valence-corrected chi connectivity index (χ1v) is 6.79. The molecule has 0 aliphatic heterocycles. The lowest BCUT2D eigenvalue weighted by Crippen LogP contribution is -2.22. The highest BCUT2D eigenvalue weighted by atomic mass is 16.5. The summed E-state index contributed by atoms with van der Waals surface area (Å²) >= 11 is 0. The Bertz CT molecular complexity index is 615. The van der Waals surface area contributed by atoms with Crippen LogP contribution in [0.1, 0.15) is 35.3 Å². The van der Waals surface area contributed by atoms with Crippen LogP contribution < -0.4 is 15.2 Å². The van der Waals surface area contributed by atoms with Gasteiger partial charge in [-0.2, -0.15) is 0 Å². The molecule has 0 heterocycles. The number of aromatic carboxylic acids is 1. The van der Waals surface area contributed by atoms with Crippen molar-refractivity contribution in [2.45, 2.75) is 27.2 Å². The van der Waals surface area contributed by atoms with Gasteiger partial charge < -0.3 is 20.3 Å². The fourth-order valence-corrected chi connectivity index (χ4v) is 2.01. The Hall–Kier alpha value is -2.34. The average Bonchev–Trinajstić information content (AvgIpc) is 2.44. The predicted octanol–water partition coefficient (Wildman–Crippen LogP) is 2.07. The molecule has 0 aromatic heterocycles. The first-order chi connectivity index (χ1) is 10.3. The number of allylic oxidation sites excluding steroid dienone is 2. The summed E-state index contributed by atoms with van der Waals surface area (Å²) in [6.45, 7) is 5.13. The van der Waals surface area contributed by atoms with Gasteiger partial charge in [-0.05, 0) is 38.8 Å². The number of hydrogen-bond acceptors (Lipinski definition) is 5. The zero-order valence-corrected chi connectivity index (χ0v) is 13.2. The van der Waals surface area contributed by atoms with E-state index in [1.54, 1.807) is 13.0 Å². The topological polar surface area (TPSA) is 98.9 Å². The summed E-state index contributed by atoms with van der Waals surface area (Å²) in [6.07, 6.45) is 2.29. The van der Waals surface area contributed by atoms with E-state index >= 15 is 0 Å². The van der Waals surface area contributed by atoms with Crippen LogP contribution in [0, 0.1) is 6.92 Å². The third-order valence-corrected chi connectivity index (χ3v) is 3.07. The van der Waals surface area contributed by atoms with Gasteiger partial charge in [-0.3, -0.25) is 4.79 Å². The molecule has 0 fully saturated rings. The Morgan fingerprint density at radius 3 is 2.45 bits per heavy atom. The summed E-state index contributed by atoms with van der Waals surface area (Å²) in [7, 11) is 1.48. The maximum atomic E-state index is 11.6. The van der Waals surface area contributed by atoms with Crippen molar-refractivity contribution in [3.8, 4) is 11.5 Å². The molecule has 22 heavy (non-hydrogen) atoms. The molecule has 0 bridgehead atoms. The number of ether oxygens (including phenoxy) is 2. The lowest BCUT2D eigenvalue weighted by atomic mass is 9.99. The van der Waals surface area contributed by atoms with Crippen molar-refractivity contribution in [2.75, 3.05) is 13.7 Å². The van der Waals surface area contributed by atoms with Crippen molar-refractivity contribution in [2.24, 2.45) is 5.73 Å². The van der Waals surface area contributed by atoms with Crippen molar-refractivity contribution >= 4 is 11.9 Å². The van der Waals surface area contributed by atoms with E-state index in [-0.39, 0.29) is 17.9 Å². The van der Waals surface area contributed by atoms with Gasteiger partial charge in [0.1, 0.15) is 11.3 Å². The van der Waals surface area contributed by atoms with Crippen molar-refractivity contribution in [1.29, 1.82) is 0 Å². The molecule has 6 nitrogen and oxygen atoms in total. The Morgan fingerprint density at radius 2 is 2.00 bits per heavy atom. The number of rotatable bonds is 6. The number of carbonyl (C=O) groups is 2. The van der Waals surface area contributed by atoms with Crippen LogP contribution in [0.2, 0.25) is 0 Å². The second kappa shape index (κ2) is 7.61. The minimum atomic E-state index is -1.17. The molecular weight excluding hydrogens is 286 g/mol. The molecule has 0 spiro atoms. The van der Waals surface area contributed by atoms with Crippen molar-refractivity contribution < 1.29 is 24.2 Å². The number of carbonyl (C=O) groups excluding carboxylic acids is 1. The van der Waals surface area contributed by atoms with Gasteiger partial charge in [0.15, 0.2) is 5.75 Å². The fourth-order valence-electron chi connectivity index (χ4n) is 2.01. The van der Waals surface area contributed by atoms with Gasteiger partial charge >= 0.3 is 11.9 Å². The molecule has 0 unspecified atom stereocenters. The monoisotopic (exact) mass is 307 g/mol. The molecule has 0 aliphatic carbocycles. The number of carboxylic acid groups (broad SMARTS) is 1. The lowest BCUT2D eigenvalue weighted by Gasteiger charge is -2.17. The van der Waals surface area contributed by atoms with Gasteiger partial charge in [-0.15, -0.1) is 0 Å². The number of carboxylic acids is 1. The van der Waals surface area contributed by atoms with Gasteiger partial charge in [-0.25, -0.2) is 4.79 Å². The van der Waals surface area contributed by atoms with Gasteiger partial charge in [0.2, 0.25) is 0 Å². The maximum absolute atomic E-state index is 11.6. The number of esters is 1. The van der Waals surface area contributed by atoms with E-state index in [2.05, 4.69) is 0 Å². The first-order valence-electron chi connectivity index (χ1n) is 6.79. The second-order valence-electron chi connectivity index (χ2n) is 5.05.